The standard InChI is InChI=1S/C22H25N3O4S/c1-14-5-6-17-16(12-14)21(28)24-22(29-17)8-7-20(27)25(10-9-22)13-19(26)23-15(2)18-4-3-11-30-18/h3-6,11-12,15H,7-10,13H2,1-2H3,(H,23,26)(H,24,28)/t15-,22-/m1/s1. The number of carbonyl (C=O) groups excluding carboxylic acids is 3. The van der Waals surface area contributed by atoms with E-state index in [9.17, 15) is 14.4 Å². The monoisotopic (exact) mass is 427 g/mol. The van der Waals surface area contributed by atoms with Gasteiger partial charge in [0.2, 0.25) is 11.8 Å². The second-order valence-electron chi connectivity index (χ2n) is 7.92. The van der Waals surface area contributed by atoms with Gasteiger partial charge in [-0.1, -0.05) is 17.7 Å². The van der Waals surface area contributed by atoms with Crippen LogP contribution in [0.4, 0.5) is 0 Å². The van der Waals surface area contributed by atoms with Gasteiger partial charge in [0.05, 0.1) is 18.2 Å². The first-order valence-electron chi connectivity index (χ1n) is 10.1. The summed E-state index contributed by atoms with van der Waals surface area (Å²) in [7, 11) is 0. The Morgan fingerprint density at radius 1 is 1.33 bits per heavy atom. The Kier molecular flexibility index (Phi) is 5.51. The van der Waals surface area contributed by atoms with Gasteiger partial charge in [-0.2, -0.15) is 0 Å². The van der Waals surface area contributed by atoms with Gasteiger partial charge in [-0.05, 0) is 37.4 Å². The minimum absolute atomic E-state index is 0.00560. The van der Waals surface area contributed by atoms with Crippen molar-refractivity contribution in [1.82, 2.24) is 15.5 Å². The number of ether oxygens (including phenoxy) is 1. The lowest BCUT2D eigenvalue weighted by Gasteiger charge is -2.38. The van der Waals surface area contributed by atoms with Gasteiger partial charge in [0.15, 0.2) is 5.72 Å². The summed E-state index contributed by atoms with van der Waals surface area (Å²) in [5.74, 6) is 0.0316. The Balaban J connectivity index is 1.41. The zero-order chi connectivity index (χ0) is 21.3. The fraction of sp³-hybridized carbons (Fsp3) is 0.409. The van der Waals surface area contributed by atoms with Gasteiger partial charge in [-0.15, -0.1) is 11.3 Å². The van der Waals surface area contributed by atoms with Gasteiger partial charge < -0.3 is 20.3 Å². The van der Waals surface area contributed by atoms with E-state index in [0.29, 0.717) is 30.7 Å². The normalized spacial score (nSPS) is 22.0. The van der Waals surface area contributed by atoms with Crippen LogP contribution >= 0.6 is 11.3 Å². The summed E-state index contributed by atoms with van der Waals surface area (Å²) < 4.78 is 6.17. The molecule has 158 valence electrons. The van der Waals surface area contributed by atoms with Crippen LogP contribution in [0.25, 0.3) is 0 Å². The van der Waals surface area contributed by atoms with Gasteiger partial charge in [0.25, 0.3) is 5.91 Å². The highest BCUT2D eigenvalue weighted by Crippen LogP contribution is 2.34. The van der Waals surface area contributed by atoms with Gasteiger partial charge in [-0.25, -0.2) is 0 Å². The summed E-state index contributed by atoms with van der Waals surface area (Å²) in [5.41, 5.74) is 0.563. The molecule has 1 fully saturated rings. The number of aryl methyl sites for hydroxylation is 1. The van der Waals surface area contributed by atoms with E-state index >= 15 is 0 Å². The maximum absolute atomic E-state index is 12.6. The molecule has 8 heteroatoms. The first kappa shape index (κ1) is 20.4. The average molecular weight is 428 g/mol. The van der Waals surface area contributed by atoms with E-state index in [4.69, 9.17) is 4.74 Å². The van der Waals surface area contributed by atoms with E-state index in [1.54, 1.807) is 28.4 Å². The summed E-state index contributed by atoms with van der Waals surface area (Å²) in [6.07, 6.45) is 0.995. The maximum Gasteiger partial charge on any atom is 0.258 e. The topological polar surface area (TPSA) is 87.7 Å². The van der Waals surface area contributed by atoms with E-state index in [1.807, 2.05) is 37.4 Å². The van der Waals surface area contributed by atoms with E-state index in [1.165, 1.54) is 0 Å². The fourth-order valence-electron chi connectivity index (χ4n) is 3.92. The lowest BCUT2D eigenvalue weighted by atomic mass is 9.99. The number of benzene rings is 1. The third-order valence-corrected chi connectivity index (χ3v) is 6.64. The second-order valence-corrected chi connectivity index (χ2v) is 8.90. The molecule has 0 aliphatic carbocycles. The van der Waals surface area contributed by atoms with Crippen LogP contribution in [-0.2, 0) is 9.59 Å². The molecule has 2 N–H and O–H groups in total. The molecule has 2 aliphatic heterocycles. The number of hydrogen-bond acceptors (Lipinski definition) is 5. The van der Waals surface area contributed by atoms with Crippen molar-refractivity contribution in [2.75, 3.05) is 13.1 Å². The molecule has 0 unspecified atom stereocenters. The first-order valence-corrected chi connectivity index (χ1v) is 11.0. The predicted octanol–water partition coefficient (Wildman–Crippen LogP) is 2.76. The molecule has 2 atom stereocenters. The Labute approximate surface area is 179 Å². The molecular formula is C22H25N3O4S. The summed E-state index contributed by atoms with van der Waals surface area (Å²) in [4.78, 5) is 40.4. The minimum atomic E-state index is -0.926. The number of nitrogens with zero attached hydrogens (tertiary/aromatic N) is 1. The Morgan fingerprint density at radius 3 is 2.93 bits per heavy atom. The maximum atomic E-state index is 12.6. The number of rotatable bonds is 4. The highest BCUT2D eigenvalue weighted by atomic mass is 32.1. The Bertz CT molecular complexity index is 975. The third kappa shape index (κ3) is 4.18. The largest absolute Gasteiger partial charge is 0.467 e. The number of thiophene rings is 1. The van der Waals surface area contributed by atoms with Crippen LogP contribution in [0.15, 0.2) is 35.7 Å². The number of amides is 3. The molecule has 7 nitrogen and oxygen atoms in total. The molecule has 1 saturated heterocycles. The van der Waals surface area contributed by atoms with Crippen molar-refractivity contribution in [3.8, 4) is 5.75 Å². The molecule has 1 spiro atoms. The lowest BCUT2D eigenvalue weighted by Crippen LogP contribution is -2.56. The third-order valence-electron chi connectivity index (χ3n) is 5.59. The van der Waals surface area contributed by atoms with Crippen LogP contribution in [0.1, 0.15) is 53.0 Å². The number of nitrogens with one attached hydrogen (secondary N) is 2. The molecule has 0 saturated carbocycles. The van der Waals surface area contributed by atoms with Gasteiger partial charge in [-0.3, -0.25) is 14.4 Å². The molecule has 2 aromatic rings. The van der Waals surface area contributed by atoms with E-state index < -0.39 is 5.72 Å². The Morgan fingerprint density at radius 2 is 2.17 bits per heavy atom. The fourth-order valence-corrected chi connectivity index (χ4v) is 4.65. The number of likely N-dealkylation sites (tertiary alicyclic amines) is 1. The smallest absolute Gasteiger partial charge is 0.258 e. The minimum Gasteiger partial charge on any atom is -0.467 e. The molecular weight excluding hydrogens is 402 g/mol. The van der Waals surface area contributed by atoms with Crippen LogP contribution in [0.3, 0.4) is 0 Å². The molecule has 30 heavy (non-hydrogen) atoms. The molecule has 2 aliphatic rings. The quantitative estimate of drug-likeness (QED) is 0.786. The highest BCUT2D eigenvalue weighted by Gasteiger charge is 2.42. The molecule has 0 bridgehead atoms. The number of hydrogen-bond donors (Lipinski definition) is 2. The van der Waals surface area contributed by atoms with Crippen molar-refractivity contribution in [2.45, 2.75) is 44.9 Å². The van der Waals surface area contributed by atoms with Gasteiger partial charge in [0.1, 0.15) is 5.75 Å². The molecule has 1 aromatic heterocycles. The average Bonchev–Trinajstić information content (AvgIpc) is 3.21. The van der Waals surface area contributed by atoms with Crippen molar-refractivity contribution >= 4 is 29.1 Å². The van der Waals surface area contributed by atoms with Crippen LogP contribution in [0.2, 0.25) is 0 Å². The van der Waals surface area contributed by atoms with E-state index in [0.717, 1.165) is 10.4 Å². The van der Waals surface area contributed by atoms with Crippen molar-refractivity contribution < 1.29 is 19.1 Å². The van der Waals surface area contributed by atoms with E-state index in [-0.39, 0.29) is 36.7 Å². The van der Waals surface area contributed by atoms with Crippen LogP contribution < -0.4 is 15.4 Å². The van der Waals surface area contributed by atoms with Crippen molar-refractivity contribution in [3.05, 3.63) is 51.7 Å². The van der Waals surface area contributed by atoms with Crippen molar-refractivity contribution in [1.29, 1.82) is 0 Å². The first-order chi connectivity index (χ1) is 14.3. The summed E-state index contributed by atoms with van der Waals surface area (Å²) in [5, 5.41) is 7.87. The summed E-state index contributed by atoms with van der Waals surface area (Å²) in [6, 6.07) is 9.31. The zero-order valence-electron chi connectivity index (χ0n) is 17.1. The lowest BCUT2D eigenvalue weighted by molar-refractivity contribution is -0.135. The van der Waals surface area contributed by atoms with Gasteiger partial charge in [0, 0.05) is 30.7 Å². The summed E-state index contributed by atoms with van der Waals surface area (Å²) >= 11 is 1.58. The number of carbonyl (C=O) groups is 3. The second kappa shape index (κ2) is 8.10. The Hall–Kier alpha value is -2.87. The number of fused-ring (bicyclic) bond motifs is 1. The predicted molar refractivity (Wildman–Crippen MR) is 113 cm³/mol. The highest BCUT2D eigenvalue weighted by molar-refractivity contribution is 7.10. The molecule has 3 heterocycles. The zero-order valence-corrected chi connectivity index (χ0v) is 17.9. The van der Waals surface area contributed by atoms with Crippen LogP contribution in [-0.4, -0.2) is 41.4 Å². The van der Waals surface area contributed by atoms with Gasteiger partial charge >= 0.3 is 0 Å². The molecule has 4 rings (SSSR count). The van der Waals surface area contributed by atoms with Crippen molar-refractivity contribution in [3.63, 3.8) is 0 Å². The van der Waals surface area contributed by atoms with Crippen LogP contribution in [0.5, 0.6) is 5.75 Å². The molecule has 0 radical (unpaired) electrons. The molecule has 1 aromatic carbocycles. The van der Waals surface area contributed by atoms with Crippen LogP contribution in [0, 0.1) is 6.92 Å². The SMILES string of the molecule is Cc1ccc2c(c1)C(=O)N[C@]1(CCC(=O)N(CC(=O)N[C@H](C)c3cccs3)CC1)O2. The molecule has 3 amide bonds. The van der Waals surface area contributed by atoms with E-state index in [2.05, 4.69) is 10.6 Å². The van der Waals surface area contributed by atoms with Crippen molar-refractivity contribution in [2.24, 2.45) is 0 Å². The summed E-state index contributed by atoms with van der Waals surface area (Å²) in [6.45, 7) is 4.17.